The van der Waals surface area contributed by atoms with Crippen LogP contribution in [0, 0.1) is 0 Å². The highest BCUT2D eigenvalue weighted by atomic mass is 79.9. The Hall–Kier alpha value is -0.130. The number of hydrogen-bond donors (Lipinski definition) is 0. The normalized spacial score (nSPS) is 19.4. The van der Waals surface area contributed by atoms with E-state index in [0.717, 1.165) is 26.1 Å². The minimum Gasteiger partial charge on any atom is -0.381 e. The summed E-state index contributed by atoms with van der Waals surface area (Å²) in [5.41, 5.74) is 0. The Morgan fingerprint density at radius 2 is 2.19 bits per heavy atom. The van der Waals surface area contributed by atoms with Gasteiger partial charge in [-0.05, 0) is 19.8 Å². The van der Waals surface area contributed by atoms with Gasteiger partial charge in [0.2, 0.25) is 5.91 Å². The van der Waals surface area contributed by atoms with Crippen molar-refractivity contribution in [3.63, 3.8) is 0 Å². The summed E-state index contributed by atoms with van der Waals surface area (Å²) in [5, 5.41) is 0.376. The molecule has 1 atom stereocenters. The third-order valence-corrected chi connectivity index (χ3v) is 3.40. The first-order valence-electron chi connectivity index (χ1n) is 5.65. The van der Waals surface area contributed by atoms with Crippen molar-refractivity contribution in [2.45, 2.75) is 31.9 Å². The highest BCUT2D eigenvalue weighted by Crippen LogP contribution is 2.16. The molecule has 0 aromatic heterocycles. The number of ether oxygens (including phenoxy) is 2. The molecule has 1 rings (SSSR count). The first-order chi connectivity index (χ1) is 7.69. The van der Waals surface area contributed by atoms with Crippen molar-refractivity contribution in [3.05, 3.63) is 0 Å². The van der Waals surface area contributed by atoms with Crippen molar-refractivity contribution >= 4 is 21.8 Å². The molecule has 4 nitrogen and oxygen atoms in total. The average Bonchev–Trinajstić information content (AvgIpc) is 2.35. The SMILES string of the molecule is CO[C@H](C)CN(C(=O)CBr)C1CCOCC1. The largest absolute Gasteiger partial charge is 0.381 e. The summed E-state index contributed by atoms with van der Waals surface area (Å²) in [7, 11) is 1.67. The van der Waals surface area contributed by atoms with Gasteiger partial charge < -0.3 is 14.4 Å². The van der Waals surface area contributed by atoms with Gasteiger partial charge in [-0.25, -0.2) is 0 Å². The zero-order chi connectivity index (χ0) is 12.0. The Morgan fingerprint density at radius 3 is 2.69 bits per heavy atom. The second kappa shape index (κ2) is 7.25. The number of halogens is 1. The summed E-state index contributed by atoms with van der Waals surface area (Å²) < 4.78 is 10.5. The number of carbonyl (C=O) groups excluding carboxylic acids is 1. The maximum atomic E-state index is 11.8. The quantitative estimate of drug-likeness (QED) is 0.720. The second-order valence-corrected chi connectivity index (χ2v) is 4.63. The van der Waals surface area contributed by atoms with E-state index in [2.05, 4.69) is 15.9 Å². The van der Waals surface area contributed by atoms with Crippen LogP contribution in [0.15, 0.2) is 0 Å². The summed E-state index contributed by atoms with van der Waals surface area (Å²) in [6.45, 7) is 4.13. The van der Waals surface area contributed by atoms with Gasteiger partial charge in [0.25, 0.3) is 0 Å². The van der Waals surface area contributed by atoms with Crippen LogP contribution in [-0.2, 0) is 14.3 Å². The third kappa shape index (κ3) is 4.03. The van der Waals surface area contributed by atoms with E-state index in [9.17, 15) is 4.79 Å². The molecule has 1 amide bonds. The molecular formula is C11H20BrNO3. The number of carbonyl (C=O) groups is 1. The summed E-state index contributed by atoms with van der Waals surface area (Å²) in [5.74, 6) is 0.135. The van der Waals surface area contributed by atoms with Gasteiger partial charge in [-0.3, -0.25) is 4.79 Å². The number of alkyl halides is 1. The van der Waals surface area contributed by atoms with Crippen LogP contribution in [0.5, 0.6) is 0 Å². The zero-order valence-electron chi connectivity index (χ0n) is 9.95. The van der Waals surface area contributed by atoms with Crippen LogP contribution in [-0.4, -0.2) is 55.2 Å². The van der Waals surface area contributed by atoms with Crippen LogP contribution in [0.1, 0.15) is 19.8 Å². The Kier molecular flexibility index (Phi) is 6.31. The van der Waals surface area contributed by atoms with E-state index in [-0.39, 0.29) is 12.0 Å². The van der Waals surface area contributed by atoms with E-state index >= 15 is 0 Å². The lowest BCUT2D eigenvalue weighted by Crippen LogP contribution is -2.47. The van der Waals surface area contributed by atoms with E-state index < -0.39 is 0 Å². The highest BCUT2D eigenvalue weighted by Gasteiger charge is 2.26. The van der Waals surface area contributed by atoms with Gasteiger partial charge in [-0.2, -0.15) is 0 Å². The second-order valence-electron chi connectivity index (χ2n) is 4.07. The fourth-order valence-electron chi connectivity index (χ4n) is 1.88. The molecule has 94 valence electrons. The van der Waals surface area contributed by atoms with E-state index in [4.69, 9.17) is 9.47 Å². The van der Waals surface area contributed by atoms with Crippen LogP contribution >= 0.6 is 15.9 Å². The Labute approximate surface area is 105 Å². The molecule has 16 heavy (non-hydrogen) atoms. The van der Waals surface area contributed by atoms with E-state index in [1.54, 1.807) is 7.11 Å². The molecule has 0 aromatic carbocycles. The lowest BCUT2D eigenvalue weighted by molar-refractivity contribution is -0.134. The van der Waals surface area contributed by atoms with Gasteiger partial charge in [0.05, 0.1) is 11.4 Å². The molecule has 1 fully saturated rings. The van der Waals surface area contributed by atoms with Crippen LogP contribution in [0.25, 0.3) is 0 Å². The molecule has 0 aromatic rings. The zero-order valence-corrected chi connectivity index (χ0v) is 11.5. The summed E-state index contributed by atoms with van der Waals surface area (Å²) in [4.78, 5) is 13.8. The lowest BCUT2D eigenvalue weighted by Gasteiger charge is -2.35. The molecule has 1 heterocycles. The molecule has 5 heteroatoms. The Balaban J connectivity index is 2.58. The predicted octanol–water partition coefficient (Wildman–Crippen LogP) is 1.42. The molecule has 0 spiro atoms. The summed E-state index contributed by atoms with van der Waals surface area (Å²) in [6.07, 6.45) is 1.93. The standard InChI is InChI=1S/C11H20BrNO3/c1-9(15-2)8-13(11(14)7-12)10-3-5-16-6-4-10/h9-10H,3-8H2,1-2H3/t9-/m1/s1. The first kappa shape index (κ1) is 13.9. The van der Waals surface area contributed by atoms with Gasteiger partial charge in [0, 0.05) is 32.9 Å². The van der Waals surface area contributed by atoms with E-state index in [0.29, 0.717) is 17.9 Å². The maximum Gasteiger partial charge on any atom is 0.233 e. The fraction of sp³-hybridized carbons (Fsp3) is 0.909. The van der Waals surface area contributed by atoms with Crippen molar-refractivity contribution in [3.8, 4) is 0 Å². The predicted molar refractivity (Wildman–Crippen MR) is 65.8 cm³/mol. The molecule has 1 saturated heterocycles. The van der Waals surface area contributed by atoms with Crippen LogP contribution in [0.4, 0.5) is 0 Å². The molecule has 1 aliphatic heterocycles. The summed E-state index contributed by atoms with van der Waals surface area (Å²) in [6, 6.07) is 0.302. The van der Waals surface area contributed by atoms with Gasteiger partial charge in [0.1, 0.15) is 0 Å². The molecule has 0 radical (unpaired) electrons. The van der Waals surface area contributed by atoms with Crippen LogP contribution < -0.4 is 0 Å². The van der Waals surface area contributed by atoms with Crippen molar-refractivity contribution in [2.24, 2.45) is 0 Å². The van der Waals surface area contributed by atoms with Crippen molar-refractivity contribution in [1.82, 2.24) is 4.90 Å². The van der Waals surface area contributed by atoms with Crippen molar-refractivity contribution < 1.29 is 14.3 Å². The minimum atomic E-state index is 0.0749. The fourth-order valence-corrected chi connectivity index (χ4v) is 2.20. The molecular weight excluding hydrogens is 274 g/mol. The van der Waals surface area contributed by atoms with Crippen LogP contribution in [0.2, 0.25) is 0 Å². The number of hydrogen-bond acceptors (Lipinski definition) is 3. The van der Waals surface area contributed by atoms with Gasteiger partial charge in [-0.15, -0.1) is 0 Å². The highest BCUT2D eigenvalue weighted by molar-refractivity contribution is 9.09. The van der Waals surface area contributed by atoms with Crippen molar-refractivity contribution in [2.75, 3.05) is 32.2 Å². The smallest absolute Gasteiger partial charge is 0.233 e. The van der Waals surface area contributed by atoms with Crippen LogP contribution in [0.3, 0.4) is 0 Å². The third-order valence-electron chi connectivity index (χ3n) is 2.92. The first-order valence-corrected chi connectivity index (χ1v) is 6.77. The molecule has 0 bridgehead atoms. The molecule has 0 aliphatic carbocycles. The maximum absolute atomic E-state index is 11.8. The van der Waals surface area contributed by atoms with E-state index in [1.807, 2.05) is 11.8 Å². The molecule has 0 saturated carbocycles. The Morgan fingerprint density at radius 1 is 1.56 bits per heavy atom. The molecule has 0 N–H and O–H groups in total. The van der Waals surface area contributed by atoms with Crippen molar-refractivity contribution in [1.29, 1.82) is 0 Å². The number of rotatable bonds is 5. The number of amides is 1. The molecule has 1 aliphatic rings. The minimum absolute atomic E-state index is 0.0749. The molecule has 0 unspecified atom stereocenters. The average molecular weight is 294 g/mol. The lowest BCUT2D eigenvalue weighted by atomic mass is 10.1. The van der Waals surface area contributed by atoms with Gasteiger partial charge in [0.15, 0.2) is 0 Å². The topological polar surface area (TPSA) is 38.8 Å². The summed E-state index contributed by atoms with van der Waals surface area (Å²) >= 11 is 3.23. The monoisotopic (exact) mass is 293 g/mol. The van der Waals surface area contributed by atoms with Gasteiger partial charge in [-0.1, -0.05) is 15.9 Å². The number of nitrogens with zero attached hydrogens (tertiary/aromatic N) is 1. The Bertz CT molecular complexity index is 219. The van der Waals surface area contributed by atoms with Gasteiger partial charge >= 0.3 is 0 Å². The van der Waals surface area contributed by atoms with E-state index in [1.165, 1.54) is 0 Å². The number of methoxy groups -OCH3 is 1.